The summed E-state index contributed by atoms with van der Waals surface area (Å²) in [6.45, 7) is 3.69. The molecular formula is C26H28ClN4O+. The quantitative estimate of drug-likeness (QED) is 0.490. The van der Waals surface area contributed by atoms with E-state index in [9.17, 15) is 4.79 Å². The average Bonchev–Trinajstić information content (AvgIpc) is 3.36. The van der Waals surface area contributed by atoms with Gasteiger partial charge in [-0.1, -0.05) is 34.9 Å². The summed E-state index contributed by atoms with van der Waals surface area (Å²) in [5.41, 5.74) is 3.32. The fraction of sp³-hybridized carbons (Fsp3) is 0.346. The van der Waals surface area contributed by atoms with Crippen LogP contribution in [-0.2, 0) is 0 Å². The minimum atomic E-state index is 0.0748. The van der Waals surface area contributed by atoms with Gasteiger partial charge in [0.1, 0.15) is 5.69 Å². The third kappa shape index (κ3) is 4.03. The van der Waals surface area contributed by atoms with Crippen LogP contribution in [0.15, 0.2) is 66.9 Å². The first-order valence-electron chi connectivity index (χ1n) is 11.5. The summed E-state index contributed by atoms with van der Waals surface area (Å²) in [6.07, 6.45) is 6.11. The predicted octanol–water partition coefficient (Wildman–Crippen LogP) is 5.58. The molecule has 0 bridgehead atoms. The molecule has 2 aliphatic heterocycles. The van der Waals surface area contributed by atoms with E-state index >= 15 is 0 Å². The van der Waals surface area contributed by atoms with Crippen LogP contribution in [0.25, 0.3) is 0 Å². The molecule has 0 unspecified atom stereocenters. The van der Waals surface area contributed by atoms with Crippen LogP contribution in [0.1, 0.15) is 47.5 Å². The number of halogens is 1. The monoisotopic (exact) mass is 447 g/mol. The Bertz CT molecular complexity index is 1070. The van der Waals surface area contributed by atoms with Crippen molar-refractivity contribution in [3.63, 3.8) is 0 Å². The van der Waals surface area contributed by atoms with Gasteiger partial charge in [0.05, 0.1) is 19.3 Å². The molecule has 5 nitrogen and oxygen atoms in total. The highest BCUT2D eigenvalue weighted by molar-refractivity contribution is 6.30. The normalized spacial score (nSPS) is 18.6. The fourth-order valence-electron chi connectivity index (χ4n) is 5.27. The average molecular weight is 448 g/mol. The maximum absolute atomic E-state index is 12.8. The maximum atomic E-state index is 12.8. The summed E-state index contributed by atoms with van der Waals surface area (Å²) in [7, 11) is 0. The van der Waals surface area contributed by atoms with Crippen LogP contribution in [0.5, 0.6) is 0 Å². The molecule has 6 heteroatoms. The zero-order valence-electron chi connectivity index (χ0n) is 18.2. The third-order valence-corrected chi connectivity index (χ3v) is 7.27. The van der Waals surface area contributed by atoms with Gasteiger partial charge in [-0.05, 0) is 60.7 Å². The molecule has 2 aliphatic rings. The first-order chi connectivity index (χ1) is 15.7. The molecule has 2 aromatic carbocycles. The van der Waals surface area contributed by atoms with Crippen molar-refractivity contribution in [2.24, 2.45) is 0 Å². The number of likely N-dealkylation sites (tertiary alicyclic amines) is 1. The van der Waals surface area contributed by atoms with E-state index < -0.39 is 0 Å². The van der Waals surface area contributed by atoms with Crippen LogP contribution < -0.4 is 4.48 Å². The lowest BCUT2D eigenvalue weighted by molar-refractivity contribution is 0.0713. The number of hydrogen-bond donors (Lipinski definition) is 0. The molecule has 164 valence electrons. The van der Waals surface area contributed by atoms with Crippen LogP contribution in [-0.4, -0.2) is 47.2 Å². The van der Waals surface area contributed by atoms with Crippen LogP contribution in [0.4, 0.5) is 11.5 Å². The Morgan fingerprint density at radius 3 is 2.38 bits per heavy atom. The topological polar surface area (TPSA) is 46.1 Å². The largest absolute Gasteiger partial charge is 0.339 e. The molecule has 0 radical (unpaired) electrons. The van der Waals surface area contributed by atoms with Crippen molar-refractivity contribution >= 4 is 29.0 Å². The molecule has 1 aromatic heterocycles. The molecule has 0 aliphatic carbocycles. The second kappa shape index (κ2) is 9.00. The van der Waals surface area contributed by atoms with Crippen LogP contribution in [0.3, 0.4) is 0 Å². The van der Waals surface area contributed by atoms with Gasteiger partial charge in [-0.3, -0.25) is 4.79 Å². The molecule has 0 N–H and O–H groups in total. The summed E-state index contributed by atoms with van der Waals surface area (Å²) in [6, 6.07) is 20.4. The zero-order valence-corrected chi connectivity index (χ0v) is 18.9. The molecule has 0 atom stereocenters. The van der Waals surface area contributed by atoms with Gasteiger partial charge in [0, 0.05) is 42.6 Å². The van der Waals surface area contributed by atoms with Gasteiger partial charge in [-0.15, -0.1) is 0 Å². The van der Waals surface area contributed by atoms with Crippen LogP contribution in [0, 0.1) is 0 Å². The van der Waals surface area contributed by atoms with Gasteiger partial charge in [0.25, 0.3) is 11.7 Å². The first kappa shape index (κ1) is 21.1. The number of carbonyl (C=O) groups is 1. The molecule has 5 rings (SSSR count). The number of piperidine rings is 1. The smallest absolute Gasteiger partial charge is 0.253 e. The maximum Gasteiger partial charge on any atom is 0.253 e. The standard InChI is InChI=1S/C26H28ClN4O/c27-23-6-3-5-22(19-23)26(32)30-15-12-21(13-16-30)20-8-10-24(11-9-20)31(17-1-2-18-31)25-7-4-14-28-29-25/h3-11,14,19,21H,1-2,12-13,15-18H2/q+1. The summed E-state index contributed by atoms with van der Waals surface area (Å²) in [5, 5.41) is 9.19. The molecule has 2 fully saturated rings. The number of carbonyl (C=O) groups excluding carboxylic acids is 1. The summed E-state index contributed by atoms with van der Waals surface area (Å²) in [5.74, 6) is 1.59. The zero-order chi connectivity index (χ0) is 22.0. The van der Waals surface area contributed by atoms with E-state index in [0.29, 0.717) is 16.5 Å². The Balaban J connectivity index is 1.28. The summed E-state index contributed by atoms with van der Waals surface area (Å²) < 4.78 is 0.792. The van der Waals surface area contributed by atoms with Gasteiger partial charge in [-0.2, -0.15) is 5.10 Å². The summed E-state index contributed by atoms with van der Waals surface area (Å²) >= 11 is 6.06. The van der Waals surface area contributed by atoms with Crippen molar-refractivity contribution < 1.29 is 4.79 Å². The Morgan fingerprint density at radius 2 is 1.72 bits per heavy atom. The minimum Gasteiger partial charge on any atom is -0.339 e. The first-order valence-corrected chi connectivity index (χ1v) is 11.8. The Hall–Kier alpha value is -2.76. The lowest BCUT2D eigenvalue weighted by atomic mass is 9.89. The molecule has 1 amide bonds. The van der Waals surface area contributed by atoms with Crippen molar-refractivity contribution in [3.8, 4) is 0 Å². The predicted molar refractivity (Wildman–Crippen MR) is 128 cm³/mol. The second-order valence-corrected chi connectivity index (χ2v) is 9.31. The van der Waals surface area contributed by atoms with Gasteiger partial charge in [-0.25, -0.2) is 4.48 Å². The minimum absolute atomic E-state index is 0.0748. The highest BCUT2D eigenvalue weighted by Gasteiger charge is 2.38. The van der Waals surface area contributed by atoms with Crippen molar-refractivity contribution in [3.05, 3.63) is 83.0 Å². The Labute approximate surface area is 194 Å². The highest BCUT2D eigenvalue weighted by Crippen LogP contribution is 2.39. The number of aromatic nitrogens is 2. The van der Waals surface area contributed by atoms with E-state index in [1.807, 2.05) is 23.1 Å². The highest BCUT2D eigenvalue weighted by atomic mass is 35.5. The van der Waals surface area contributed by atoms with E-state index in [0.717, 1.165) is 49.3 Å². The van der Waals surface area contributed by atoms with E-state index in [1.54, 1.807) is 18.3 Å². The molecule has 2 saturated heterocycles. The Kier molecular flexibility index (Phi) is 5.94. The van der Waals surface area contributed by atoms with Crippen molar-refractivity contribution in [1.29, 1.82) is 0 Å². The molecule has 0 spiro atoms. The number of benzene rings is 2. The number of quaternary nitrogens is 1. The molecule has 0 saturated carbocycles. The van der Waals surface area contributed by atoms with Crippen molar-refractivity contribution in [2.45, 2.75) is 31.6 Å². The van der Waals surface area contributed by atoms with E-state index in [-0.39, 0.29) is 5.91 Å². The van der Waals surface area contributed by atoms with E-state index in [2.05, 4.69) is 40.5 Å². The van der Waals surface area contributed by atoms with Crippen molar-refractivity contribution in [2.75, 3.05) is 26.2 Å². The Morgan fingerprint density at radius 1 is 0.969 bits per heavy atom. The summed E-state index contributed by atoms with van der Waals surface area (Å²) in [4.78, 5) is 14.8. The van der Waals surface area contributed by atoms with Gasteiger partial charge < -0.3 is 4.90 Å². The fourth-order valence-corrected chi connectivity index (χ4v) is 5.46. The number of hydrogen-bond acceptors (Lipinski definition) is 3. The van der Waals surface area contributed by atoms with Gasteiger partial charge >= 0.3 is 0 Å². The second-order valence-electron chi connectivity index (χ2n) is 8.87. The SMILES string of the molecule is O=C(c1cccc(Cl)c1)N1CCC(c2ccc([N+]3(c4cccnn4)CCCC3)cc2)CC1. The number of amides is 1. The van der Waals surface area contributed by atoms with Crippen LogP contribution in [0.2, 0.25) is 5.02 Å². The molecule has 3 heterocycles. The van der Waals surface area contributed by atoms with E-state index in [1.165, 1.54) is 24.1 Å². The third-order valence-electron chi connectivity index (χ3n) is 7.04. The lowest BCUT2D eigenvalue weighted by Crippen LogP contribution is -2.41. The number of nitrogens with zero attached hydrogens (tertiary/aromatic N) is 4. The number of rotatable bonds is 4. The molecular weight excluding hydrogens is 420 g/mol. The van der Waals surface area contributed by atoms with E-state index in [4.69, 9.17) is 11.6 Å². The van der Waals surface area contributed by atoms with Crippen LogP contribution >= 0.6 is 11.6 Å². The molecule has 32 heavy (non-hydrogen) atoms. The molecule has 3 aromatic rings. The lowest BCUT2D eigenvalue weighted by Gasteiger charge is -2.33. The van der Waals surface area contributed by atoms with Crippen molar-refractivity contribution in [1.82, 2.24) is 19.6 Å². The van der Waals surface area contributed by atoms with Gasteiger partial charge in [0.2, 0.25) is 0 Å². The van der Waals surface area contributed by atoms with Gasteiger partial charge in [0.15, 0.2) is 0 Å².